The third kappa shape index (κ3) is 3.66. The van der Waals surface area contributed by atoms with Gasteiger partial charge < -0.3 is 9.30 Å². The Morgan fingerprint density at radius 2 is 1.85 bits per heavy atom. The lowest BCUT2D eigenvalue weighted by molar-refractivity contribution is -0.174. The Kier molecular flexibility index (Phi) is 4.22. The van der Waals surface area contributed by atoms with Gasteiger partial charge in [-0.15, -0.1) is 0 Å². The van der Waals surface area contributed by atoms with E-state index in [4.69, 9.17) is 0 Å². The van der Waals surface area contributed by atoms with Crippen LogP contribution in [-0.2, 0) is 11.3 Å². The van der Waals surface area contributed by atoms with Crippen LogP contribution in [-0.4, -0.2) is 28.9 Å². The van der Waals surface area contributed by atoms with E-state index in [1.807, 2.05) is 0 Å². The van der Waals surface area contributed by atoms with Crippen molar-refractivity contribution in [3.05, 3.63) is 30.1 Å². The van der Waals surface area contributed by atoms with E-state index in [0.29, 0.717) is 24.0 Å². The van der Waals surface area contributed by atoms with Crippen molar-refractivity contribution in [1.82, 2.24) is 9.55 Å². The lowest BCUT2D eigenvalue weighted by Crippen LogP contribution is -2.17. The summed E-state index contributed by atoms with van der Waals surface area (Å²) in [5.41, 5.74) is 0.680. The third-order valence-electron chi connectivity index (χ3n) is 2.62. The molecule has 1 aromatic carbocycles. The number of halogens is 5. The molecule has 2 aromatic rings. The van der Waals surface area contributed by atoms with Crippen LogP contribution in [0.1, 0.15) is 6.42 Å². The van der Waals surface area contributed by atoms with Crippen molar-refractivity contribution >= 4 is 11.0 Å². The maximum Gasteiger partial charge on any atom is 0.411 e. The molecule has 1 aromatic heterocycles. The number of hydrogen-bond acceptors (Lipinski definition) is 2. The predicted octanol–water partition coefficient (Wildman–Crippen LogP) is 3.28. The summed E-state index contributed by atoms with van der Waals surface area (Å²) in [6.45, 7) is -1.07. The van der Waals surface area contributed by atoms with Gasteiger partial charge in [0.05, 0.1) is 17.4 Å². The van der Waals surface area contributed by atoms with Crippen molar-refractivity contribution in [2.75, 3.05) is 13.2 Å². The first kappa shape index (κ1) is 14.7. The molecule has 20 heavy (non-hydrogen) atoms. The highest BCUT2D eigenvalue weighted by Gasteiger charge is 2.27. The molecule has 8 heteroatoms. The first-order valence-corrected chi connectivity index (χ1v) is 5.81. The molecule has 0 radical (unpaired) electrons. The molecular weight excluding hydrogens is 283 g/mol. The molecule has 1 heterocycles. The second-order valence-corrected chi connectivity index (χ2v) is 4.21. The van der Waals surface area contributed by atoms with Crippen LogP contribution in [0, 0.1) is 11.6 Å². The first-order chi connectivity index (χ1) is 9.37. The minimum Gasteiger partial charge on any atom is -0.372 e. The fraction of sp³-hybridized carbons (Fsp3) is 0.417. The second kappa shape index (κ2) is 5.74. The summed E-state index contributed by atoms with van der Waals surface area (Å²) in [5, 5.41) is 0. The number of aryl methyl sites for hydroxylation is 1. The zero-order chi connectivity index (χ0) is 14.8. The van der Waals surface area contributed by atoms with Crippen LogP contribution in [0.3, 0.4) is 0 Å². The number of benzene rings is 1. The van der Waals surface area contributed by atoms with Crippen molar-refractivity contribution in [3.63, 3.8) is 0 Å². The highest BCUT2D eigenvalue weighted by atomic mass is 19.4. The van der Waals surface area contributed by atoms with Crippen LogP contribution in [0.25, 0.3) is 11.0 Å². The smallest absolute Gasteiger partial charge is 0.372 e. The highest BCUT2D eigenvalue weighted by Crippen LogP contribution is 2.18. The molecule has 0 aliphatic rings. The topological polar surface area (TPSA) is 27.1 Å². The van der Waals surface area contributed by atoms with E-state index in [1.54, 1.807) is 0 Å². The summed E-state index contributed by atoms with van der Waals surface area (Å²) in [7, 11) is 0. The first-order valence-electron chi connectivity index (χ1n) is 5.81. The van der Waals surface area contributed by atoms with E-state index in [9.17, 15) is 22.0 Å². The van der Waals surface area contributed by atoms with Crippen LogP contribution in [0.5, 0.6) is 0 Å². The lowest BCUT2D eigenvalue weighted by Gasteiger charge is -2.08. The number of ether oxygens (including phenoxy) is 1. The largest absolute Gasteiger partial charge is 0.411 e. The maximum absolute atomic E-state index is 13.1. The van der Waals surface area contributed by atoms with Gasteiger partial charge in [-0.2, -0.15) is 13.2 Å². The zero-order valence-electron chi connectivity index (χ0n) is 10.3. The van der Waals surface area contributed by atoms with Crippen molar-refractivity contribution in [2.24, 2.45) is 0 Å². The van der Waals surface area contributed by atoms with Gasteiger partial charge in [-0.1, -0.05) is 0 Å². The quantitative estimate of drug-likeness (QED) is 0.625. The van der Waals surface area contributed by atoms with Crippen LogP contribution in [0.4, 0.5) is 22.0 Å². The Hall–Kier alpha value is -1.70. The second-order valence-electron chi connectivity index (χ2n) is 4.21. The third-order valence-corrected chi connectivity index (χ3v) is 2.62. The van der Waals surface area contributed by atoms with Gasteiger partial charge in [0.25, 0.3) is 0 Å². The Morgan fingerprint density at radius 3 is 2.55 bits per heavy atom. The van der Waals surface area contributed by atoms with Crippen molar-refractivity contribution in [2.45, 2.75) is 19.1 Å². The molecule has 0 aliphatic carbocycles. The van der Waals surface area contributed by atoms with E-state index >= 15 is 0 Å². The zero-order valence-corrected chi connectivity index (χ0v) is 10.3. The van der Waals surface area contributed by atoms with Crippen LogP contribution in [0.2, 0.25) is 0 Å². The van der Waals surface area contributed by atoms with Crippen LogP contribution < -0.4 is 0 Å². The van der Waals surface area contributed by atoms with Gasteiger partial charge in [0.2, 0.25) is 0 Å². The fourth-order valence-electron chi connectivity index (χ4n) is 1.76. The summed E-state index contributed by atoms with van der Waals surface area (Å²) >= 11 is 0. The standard InChI is InChI=1S/C12H11F5N2O/c13-8-4-10-11(5-9(8)14)19(7-18-10)2-1-3-20-6-12(15,16)17/h4-5,7H,1-3,6H2. The number of fused-ring (bicyclic) bond motifs is 1. The molecule has 0 bridgehead atoms. The molecule has 0 unspecified atom stereocenters. The summed E-state index contributed by atoms with van der Waals surface area (Å²) < 4.78 is 67.6. The number of alkyl halides is 3. The highest BCUT2D eigenvalue weighted by molar-refractivity contribution is 5.75. The SMILES string of the molecule is Fc1cc2ncn(CCCOCC(F)(F)F)c2cc1F. The van der Waals surface area contributed by atoms with Gasteiger partial charge in [-0.3, -0.25) is 0 Å². The van der Waals surface area contributed by atoms with Crippen molar-refractivity contribution < 1.29 is 26.7 Å². The van der Waals surface area contributed by atoms with E-state index in [1.165, 1.54) is 10.9 Å². The monoisotopic (exact) mass is 294 g/mol. The summed E-state index contributed by atoms with van der Waals surface area (Å²) in [6, 6.07) is 1.98. The molecular formula is C12H11F5N2O. The number of hydrogen-bond donors (Lipinski definition) is 0. The van der Waals surface area contributed by atoms with E-state index < -0.39 is 24.4 Å². The lowest BCUT2D eigenvalue weighted by atomic mass is 10.3. The van der Waals surface area contributed by atoms with Gasteiger partial charge in [0.15, 0.2) is 11.6 Å². The summed E-state index contributed by atoms with van der Waals surface area (Å²) in [4.78, 5) is 3.89. The van der Waals surface area contributed by atoms with Gasteiger partial charge >= 0.3 is 6.18 Å². The molecule has 110 valence electrons. The minimum atomic E-state index is -4.34. The Balaban J connectivity index is 1.92. The van der Waals surface area contributed by atoms with Crippen molar-refractivity contribution in [1.29, 1.82) is 0 Å². The van der Waals surface area contributed by atoms with Crippen LogP contribution in [0.15, 0.2) is 18.5 Å². The molecule has 2 rings (SSSR count). The molecule has 0 N–H and O–H groups in total. The average molecular weight is 294 g/mol. The molecule has 0 atom stereocenters. The fourth-order valence-corrected chi connectivity index (χ4v) is 1.76. The van der Waals surface area contributed by atoms with E-state index in [-0.39, 0.29) is 6.61 Å². The molecule has 0 fully saturated rings. The van der Waals surface area contributed by atoms with Gasteiger partial charge in [0.1, 0.15) is 6.61 Å². The summed E-state index contributed by atoms with van der Waals surface area (Å²) in [5.74, 6) is -1.98. The molecule has 0 amide bonds. The van der Waals surface area contributed by atoms with Gasteiger partial charge in [0, 0.05) is 25.3 Å². The van der Waals surface area contributed by atoms with Gasteiger partial charge in [-0.05, 0) is 6.42 Å². The predicted molar refractivity (Wildman–Crippen MR) is 61.1 cm³/mol. The number of nitrogens with zero attached hydrogens (tertiary/aromatic N) is 2. The molecule has 0 saturated heterocycles. The average Bonchev–Trinajstić information content (AvgIpc) is 2.71. The summed E-state index contributed by atoms with van der Waals surface area (Å²) in [6.07, 6.45) is -2.66. The normalized spacial score (nSPS) is 12.2. The maximum atomic E-state index is 13.1. The number of imidazole rings is 1. The molecule has 0 saturated carbocycles. The molecule has 3 nitrogen and oxygen atoms in total. The number of aromatic nitrogens is 2. The Bertz CT molecular complexity index is 593. The molecule has 0 aliphatic heterocycles. The van der Waals surface area contributed by atoms with Gasteiger partial charge in [-0.25, -0.2) is 13.8 Å². The molecule has 0 spiro atoms. The van der Waals surface area contributed by atoms with Crippen molar-refractivity contribution in [3.8, 4) is 0 Å². The van der Waals surface area contributed by atoms with E-state index in [2.05, 4.69) is 9.72 Å². The number of rotatable bonds is 5. The Morgan fingerprint density at radius 1 is 1.15 bits per heavy atom. The van der Waals surface area contributed by atoms with E-state index in [0.717, 1.165) is 12.1 Å². The van der Waals surface area contributed by atoms with Crippen LogP contribution >= 0.6 is 0 Å². The minimum absolute atomic E-state index is 0.0805. The Labute approximate surface area is 111 Å².